The molecule has 1 amide bonds. The highest BCUT2D eigenvalue weighted by molar-refractivity contribution is 7.89. The summed E-state index contributed by atoms with van der Waals surface area (Å²) in [5.41, 5.74) is 5.48. The van der Waals surface area contributed by atoms with Crippen LogP contribution in [0.3, 0.4) is 0 Å². The Morgan fingerprint density at radius 1 is 1.35 bits per heavy atom. The predicted molar refractivity (Wildman–Crippen MR) is 67.9 cm³/mol. The Morgan fingerprint density at radius 3 is 2.47 bits per heavy atom. The second-order valence-corrected chi connectivity index (χ2v) is 5.81. The van der Waals surface area contributed by atoms with Crippen LogP contribution in [0.1, 0.15) is 26.7 Å². The van der Waals surface area contributed by atoms with E-state index in [9.17, 15) is 13.2 Å². The van der Waals surface area contributed by atoms with Gasteiger partial charge in [0.15, 0.2) is 0 Å². The molecule has 0 rings (SSSR count). The molecule has 0 bridgehead atoms. The van der Waals surface area contributed by atoms with Gasteiger partial charge in [-0.15, -0.1) is 0 Å². The molecule has 4 N–H and O–H groups in total. The van der Waals surface area contributed by atoms with Gasteiger partial charge >= 0.3 is 0 Å². The van der Waals surface area contributed by atoms with E-state index in [4.69, 9.17) is 5.73 Å². The van der Waals surface area contributed by atoms with Gasteiger partial charge < -0.3 is 11.1 Å². The zero-order valence-corrected chi connectivity index (χ0v) is 11.3. The number of rotatable bonds is 9. The highest BCUT2D eigenvalue weighted by Gasteiger charge is 2.12. The van der Waals surface area contributed by atoms with Gasteiger partial charge in [0.05, 0.1) is 5.75 Å². The maximum absolute atomic E-state index is 11.4. The Bertz CT molecular complexity index is 313. The molecule has 0 aliphatic rings. The van der Waals surface area contributed by atoms with Crippen molar-refractivity contribution in [2.75, 3.05) is 25.4 Å². The lowest BCUT2D eigenvalue weighted by Crippen LogP contribution is -2.35. The van der Waals surface area contributed by atoms with E-state index < -0.39 is 10.0 Å². The summed E-state index contributed by atoms with van der Waals surface area (Å²) in [6.45, 7) is 4.65. The van der Waals surface area contributed by atoms with Gasteiger partial charge in [-0.3, -0.25) is 4.79 Å². The van der Waals surface area contributed by atoms with Crippen LogP contribution in [0.4, 0.5) is 0 Å². The third kappa shape index (κ3) is 8.12. The molecule has 102 valence electrons. The molecule has 17 heavy (non-hydrogen) atoms. The number of amides is 1. The van der Waals surface area contributed by atoms with Gasteiger partial charge in [-0.2, -0.15) is 0 Å². The van der Waals surface area contributed by atoms with Gasteiger partial charge in [-0.1, -0.05) is 20.3 Å². The summed E-state index contributed by atoms with van der Waals surface area (Å²) >= 11 is 0. The van der Waals surface area contributed by atoms with Gasteiger partial charge in [-0.25, -0.2) is 13.1 Å². The monoisotopic (exact) mass is 265 g/mol. The minimum absolute atomic E-state index is 0.0913. The van der Waals surface area contributed by atoms with Gasteiger partial charge in [-0.05, 0) is 12.5 Å². The fourth-order valence-electron chi connectivity index (χ4n) is 1.35. The Morgan fingerprint density at radius 2 is 2.00 bits per heavy atom. The standard InChI is InChI=1S/C10H23N3O3S/c1-3-9(8-11)7-10(14)12-5-6-17(15,16)13-4-2/h9,13H,3-8,11H2,1-2H3,(H,12,14). The molecule has 0 aromatic rings. The first-order valence-electron chi connectivity index (χ1n) is 5.89. The first-order chi connectivity index (χ1) is 7.95. The van der Waals surface area contributed by atoms with Gasteiger partial charge in [0.2, 0.25) is 15.9 Å². The highest BCUT2D eigenvalue weighted by atomic mass is 32.2. The Labute approximate surface area is 103 Å². The summed E-state index contributed by atoms with van der Waals surface area (Å²) in [6.07, 6.45) is 1.20. The first kappa shape index (κ1) is 16.3. The van der Waals surface area contributed by atoms with E-state index in [0.717, 1.165) is 6.42 Å². The molecule has 1 atom stereocenters. The quantitative estimate of drug-likeness (QED) is 0.519. The van der Waals surface area contributed by atoms with Gasteiger partial charge in [0, 0.05) is 19.5 Å². The SMILES string of the molecule is CCNS(=O)(=O)CCNC(=O)CC(CC)CN. The Kier molecular flexibility index (Phi) is 8.11. The second-order valence-electron chi connectivity index (χ2n) is 3.88. The van der Waals surface area contributed by atoms with Crippen LogP contribution in [-0.2, 0) is 14.8 Å². The maximum atomic E-state index is 11.4. The van der Waals surface area contributed by atoms with Crippen LogP contribution >= 0.6 is 0 Å². The molecule has 1 unspecified atom stereocenters. The number of hydrogen-bond donors (Lipinski definition) is 3. The minimum Gasteiger partial charge on any atom is -0.355 e. The van der Waals surface area contributed by atoms with E-state index >= 15 is 0 Å². The third-order valence-electron chi connectivity index (χ3n) is 2.44. The van der Waals surface area contributed by atoms with Crippen molar-refractivity contribution < 1.29 is 13.2 Å². The zero-order chi connectivity index (χ0) is 13.3. The molecule has 7 heteroatoms. The van der Waals surface area contributed by atoms with Crippen LogP contribution in [0.25, 0.3) is 0 Å². The van der Waals surface area contributed by atoms with Crippen molar-refractivity contribution >= 4 is 15.9 Å². The van der Waals surface area contributed by atoms with Crippen molar-refractivity contribution in [2.45, 2.75) is 26.7 Å². The normalized spacial score (nSPS) is 13.4. The summed E-state index contributed by atoms with van der Waals surface area (Å²) in [4.78, 5) is 11.4. The number of carbonyl (C=O) groups is 1. The van der Waals surface area contributed by atoms with E-state index in [1.54, 1.807) is 6.92 Å². The molecule has 0 saturated heterocycles. The molecule has 0 spiro atoms. The van der Waals surface area contributed by atoms with Crippen LogP contribution in [0.2, 0.25) is 0 Å². The molecule has 0 aliphatic heterocycles. The molecule has 0 saturated carbocycles. The van der Waals surface area contributed by atoms with Crippen LogP contribution in [0, 0.1) is 5.92 Å². The van der Waals surface area contributed by atoms with Crippen LogP contribution in [0.5, 0.6) is 0 Å². The molecule has 0 fully saturated rings. The lowest BCUT2D eigenvalue weighted by Gasteiger charge is -2.12. The van der Waals surface area contributed by atoms with Crippen molar-refractivity contribution in [3.63, 3.8) is 0 Å². The largest absolute Gasteiger partial charge is 0.355 e. The average molecular weight is 265 g/mol. The number of sulfonamides is 1. The summed E-state index contributed by atoms with van der Waals surface area (Å²) in [5, 5.41) is 2.58. The number of nitrogens with two attached hydrogens (primary N) is 1. The van der Waals surface area contributed by atoms with Gasteiger partial charge in [0.25, 0.3) is 0 Å². The molecule has 6 nitrogen and oxygen atoms in total. The summed E-state index contributed by atoms with van der Waals surface area (Å²) in [7, 11) is -3.26. The van der Waals surface area contributed by atoms with Crippen LogP contribution in [0.15, 0.2) is 0 Å². The van der Waals surface area contributed by atoms with E-state index in [1.165, 1.54) is 0 Å². The van der Waals surface area contributed by atoms with E-state index in [1.807, 2.05) is 6.92 Å². The van der Waals surface area contributed by atoms with Crippen molar-refractivity contribution in [1.82, 2.24) is 10.0 Å². The van der Waals surface area contributed by atoms with Gasteiger partial charge in [0.1, 0.15) is 0 Å². The van der Waals surface area contributed by atoms with E-state index in [-0.39, 0.29) is 24.1 Å². The smallest absolute Gasteiger partial charge is 0.220 e. The van der Waals surface area contributed by atoms with Crippen LogP contribution < -0.4 is 15.8 Å². The van der Waals surface area contributed by atoms with Crippen molar-refractivity contribution in [3.05, 3.63) is 0 Å². The Hall–Kier alpha value is -0.660. The molecule has 0 heterocycles. The molecule has 0 aromatic heterocycles. The zero-order valence-electron chi connectivity index (χ0n) is 10.5. The summed E-state index contributed by atoms with van der Waals surface area (Å²) in [5.74, 6) is -0.0687. The lowest BCUT2D eigenvalue weighted by atomic mass is 10.0. The Balaban J connectivity index is 3.86. The number of hydrogen-bond acceptors (Lipinski definition) is 4. The minimum atomic E-state index is -3.26. The third-order valence-corrected chi connectivity index (χ3v) is 3.91. The molecule has 0 aromatic carbocycles. The van der Waals surface area contributed by atoms with Crippen LogP contribution in [-0.4, -0.2) is 39.7 Å². The predicted octanol–water partition coefficient (Wildman–Crippen LogP) is -0.583. The van der Waals surface area contributed by atoms with E-state index in [0.29, 0.717) is 19.5 Å². The fraction of sp³-hybridized carbons (Fsp3) is 0.900. The molecular weight excluding hydrogens is 242 g/mol. The average Bonchev–Trinajstić information content (AvgIpc) is 2.25. The van der Waals surface area contributed by atoms with E-state index in [2.05, 4.69) is 10.0 Å². The summed E-state index contributed by atoms with van der Waals surface area (Å²) < 4.78 is 24.9. The topological polar surface area (TPSA) is 101 Å². The van der Waals surface area contributed by atoms with Crippen molar-refractivity contribution in [2.24, 2.45) is 11.7 Å². The number of carbonyl (C=O) groups excluding carboxylic acids is 1. The molecular formula is C10H23N3O3S. The highest BCUT2D eigenvalue weighted by Crippen LogP contribution is 2.04. The van der Waals surface area contributed by atoms with Crippen molar-refractivity contribution in [1.29, 1.82) is 0 Å². The first-order valence-corrected chi connectivity index (χ1v) is 7.54. The summed E-state index contributed by atoms with van der Waals surface area (Å²) in [6, 6.07) is 0. The molecule has 0 radical (unpaired) electrons. The second kappa shape index (κ2) is 8.43. The maximum Gasteiger partial charge on any atom is 0.220 e. The lowest BCUT2D eigenvalue weighted by molar-refractivity contribution is -0.121. The number of nitrogens with one attached hydrogen (secondary N) is 2. The fourth-order valence-corrected chi connectivity index (χ4v) is 2.30. The van der Waals surface area contributed by atoms with Crippen molar-refractivity contribution in [3.8, 4) is 0 Å². The molecule has 0 aliphatic carbocycles.